The van der Waals surface area contributed by atoms with Gasteiger partial charge in [0.2, 0.25) is 0 Å². The molecule has 0 aliphatic heterocycles. The van der Waals surface area contributed by atoms with Gasteiger partial charge in [0.25, 0.3) is 0 Å². The van der Waals surface area contributed by atoms with Gasteiger partial charge in [-0.2, -0.15) is 0 Å². The molecule has 0 aliphatic carbocycles. The van der Waals surface area contributed by atoms with E-state index in [0.29, 0.717) is 0 Å². The molecule has 0 aliphatic rings. The molecular formula is C18H18O2. The second-order valence-electron chi connectivity index (χ2n) is 4.73. The summed E-state index contributed by atoms with van der Waals surface area (Å²) in [5.74, 6) is 7.17. The lowest BCUT2D eigenvalue weighted by atomic mass is 10.1. The third-order valence-corrected chi connectivity index (χ3v) is 3.26. The lowest BCUT2D eigenvalue weighted by Crippen LogP contribution is -1.89. The van der Waals surface area contributed by atoms with E-state index in [2.05, 4.69) is 11.8 Å². The molecule has 0 bridgehead atoms. The largest absolute Gasteiger partial charge is 0.496 e. The first kappa shape index (κ1) is 14.2. The van der Waals surface area contributed by atoms with Gasteiger partial charge in [-0.25, -0.2) is 0 Å². The number of hydrogen-bond donors (Lipinski definition) is 1. The van der Waals surface area contributed by atoms with Crippen molar-refractivity contribution in [3.8, 4) is 17.6 Å². The number of rotatable bonds is 2. The minimum atomic E-state index is 0.0667. The molecule has 0 heterocycles. The van der Waals surface area contributed by atoms with Gasteiger partial charge in [-0.05, 0) is 60.9 Å². The molecule has 0 unspecified atom stereocenters. The lowest BCUT2D eigenvalue weighted by molar-refractivity contribution is 0.281. The van der Waals surface area contributed by atoms with Crippen LogP contribution in [-0.4, -0.2) is 12.2 Å². The van der Waals surface area contributed by atoms with Crippen molar-refractivity contribution in [2.75, 3.05) is 7.11 Å². The van der Waals surface area contributed by atoms with Gasteiger partial charge in [-0.3, -0.25) is 0 Å². The van der Waals surface area contributed by atoms with Crippen LogP contribution in [0.25, 0.3) is 0 Å². The molecule has 0 atom stereocenters. The summed E-state index contributed by atoms with van der Waals surface area (Å²) in [4.78, 5) is 0. The van der Waals surface area contributed by atoms with Crippen LogP contribution >= 0.6 is 0 Å². The third kappa shape index (κ3) is 3.20. The van der Waals surface area contributed by atoms with Crippen LogP contribution in [0, 0.1) is 25.7 Å². The highest BCUT2D eigenvalue weighted by Gasteiger charge is 1.99. The van der Waals surface area contributed by atoms with Crippen LogP contribution in [0.2, 0.25) is 0 Å². The molecule has 0 spiro atoms. The number of aryl methyl sites for hydroxylation is 2. The van der Waals surface area contributed by atoms with Crippen LogP contribution < -0.4 is 4.74 Å². The number of benzene rings is 2. The fraction of sp³-hybridized carbons (Fsp3) is 0.222. The first-order valence-corrected chi connectivity index (χ1v) is 6.51. The molecular weight excluding hydrogens is 248 g/mol. The molecule has 102 valence electrons. The van der Waals surface area contributed by atoms with Gasteiger partial charge in [0, 0.05) is 11.1 Å². The van der Waals surface area contributed by atoms with Crippen molar-refractivity contribution >= 4 is 0 Å². The molecule has 0 saturated carbocycles. The van der Waals surface area contributed by atoms with E-state index in [-0.39, 0.29) is 6.61 Å². The summed E-state index contributed by atoms with van der Waals surface area (Å²) in [6.45, 7) is 4.05. The van der Waals surface area contributed by atoms with Crippen molar-refractivity contribution in [2.45, 2.75) is 20.5 Å². The molecule has 0 aromatic heterocycles. The summed E-state index contributed by atoms with van der Waals surface area (Å²) in [6.07, 6.45) is 0. The zero-order chi connectivity index (χ0) is 14.5. The van der Waals surface area contributed by atoms with Crippen molar-refractivity contribution in [2.24, 2.45) is 0 Å². The maximum absolute atomic E-state index is 9.15. The number of aliphatic hydroxyl groups excluding tert-OH is 1. The predicted molar refractivity (Wildman–Crippen MR) is 80.8 cm³/mol. The number of methoxy groups -OCH3 is 1. The Labute approximate surface area is 120 Å². The summed E-state index contributed by atoms with van der Waals surface area (Å²) >= 11 is 0. The SMILES string of the molecule is COc1ccc(C#Cc2ccc(CO)c(C)c2)cc1C. The molecule has 0 amide bonds. The van der Waals surface area contributed by atoms with Crippen molar-refractivity contribution in [3.63, 3.8) is 0 Å². The average molecular weight is 266 g/mol. The third-order valence-electron chi connectivity index (χ3n) is 3.26. The number of ether oxygens (including phenoxy) is 1. The summed E-state index contributed by atoms with van der Waals surface area (Å²) in [6, 6.07) is 11.7. The monoisotopic (exact) mass is 266 g/mol. The zero-order valence-electron chi connectivity index (χ0n) is 12.0. The van der Waals surface area contributed by atoms with E-state index < -0.39 is 0 Å². The highest BCUT2D eigenvalue weighted by molar-refractivity contribution is 5.48. The maximum Gasteiger partial charge on any atom is 0.121 e. The van der Waals surface area contributed by atoms with E-state index in [4.69, 9.17) is 9.84 Å². The van der Waals surface area contributed by atoms with E-state index in [1.54, 1.807) is 7.11 Å². The minimum Gasteiger partial charge on any atom is -0.496 e. The summed E-state index contributed by atoms with van der Waals surface area (Å²) in [7, 11) is 1.67. The smallest absolute Gasteiger partial charge is 0.121 e. The van der Waals surface area contributed by atoms with E-state index in [9.17, 15) is 0 Å². The normalized spacial score (nSPS) is 9.80. The lowest BCUT2D eigenvalue weighted by Gasteiger charge is -2.04. The molecule has 2 rings (SSSR count). The van der Waals surface area contributed by atoms with E-state index in [0.717, 1.165) is 33.6 Å². The molecule has 0 radical (unpaired) electrons. The van der Waals surface area contributed by atoms with Crippen LogP contribution in [0.4, 0.5) is 0 Å². The molecule has 20 heavy (non-hydrogen) atoms. The van der Waals surface area contributed by atoms with Gasteiger partial charge in [0.15, 0.2) is 0 Å². The first-order chi connectivity index (χ1) is 9.63. The Bertz CT molecular complexity index is 618. The van der Waals surface area contributed by atoms with Crippen molar-refractivity contribution in [3.05, 3.63) is 64.2 Å². The quantitative estimate of drug-likeness (QED) is 0.846. The fourth-order valence-corrected chi connectivity index (χ4v) is 2.05. The first-order valence-electron chi connectivity index (χ1n) is 6.51. The molecule has 2 aromatic rings. The molecule has 2 nitrogen and oxygen atoms in total. The summed E-state index contributed by atoms with van der Waals surface area (Å²) < 4.78 is 5.23. The van der Waals surface area contributed by atoms with Crippen molar-refractivity contribution < 1.29 is 9.84 Å². The van der Waals surface area contributed by atoms with Gasteiger partial charge in [-0.15, -0.1) is 0 Å². The summed E-state index contributed by atoms with van der Waals surface area (Å²) in [5.41, 5.74) is 4.99. The predicted octanol–water partition coefficient (Wildman–Crippen LogP) is 3.20. The van der Waals surface area contributed by atoms with Crippen molar-refractivity contribution in [1.82, 2.24) is 0 Å². The number of aliphatic hydroxyl groups is 1. The van der Waals surface area contributed by atoms with E-state index in [1.807, 2.05) is 50.2 Å². The molecule has 0 fully saturated rings. The Morgan fingerprint density at radius 1 is 0.950 bits per heavy atom. The van der Waals surface area contributed by atoms with E-state index in [1.165, 1.54) is 0 Å². The molecule has 1 N–H and O–H groups in total. The van der Waals surface area contributed by atoms with Gasteiger partial charge < -0.3 is 9.84 Å². The topological polar surface area (TPSA) is 29.5 Å². The zero-order valence-corrected chi connectivity index (χ0v) is 12.0. The Hall–Kier alpha value is -2.24. The Kier molecular flexibility index (Phi) is 4.45. The molecule has 2 aromatic carbocycles. The molecule has 2 heteroatoms. The highest BCUT2D eigenvalue weighted by atomic mass is 16.5. The standard InChI is InChI=1S/C18H18O2/c1-13-10-15(6-8-17(13)12-19)4-5-16-7-9-18(20-3)14(2)11-16/h6-11,19H,12H2,1-3H3. The minimum absolute atomic E-state index is 0.0667. The van der Waals surface area contributed by atoms with Gasteiger partial charge >= 0.3 is 0 Å². The Morgan fingerprint density at radius 3 is 2.05 bits per heavy atom. The number of hydrogen-bond acceptors (Lipinski definition) is 2. The average Bonchev–Trinajstić information content (AvgIpc) is 2.45. The van der Waals surface area contributed by atoms with Crippen LogP contribution in [0.1, 0.15) is 27.8 Å². The van der Waals surface area contributed by atoms with Gasteiger partial charge in [-0.1, -0.05) is 17.9 Å². The van der Waals surface area contributed by atoms with E-state index >= 15 is 0 Å². The van der Waals surface area contributed by atoms with Crippen LogP contribution in [0.5, 0.6) is 5.75 Å². The fourth-order valence-electron chi connectivity index (χ4n) is 2.05. The van der Waals surface area contributed by atoms with Gasteiger partial charge in [0.1, 0.15) is 5.75 Å². The van der Waals surface area contributed by atoms with Crippen LogP contribution in [-0.2, 0) is 6.61 Å². The highest BCUT2D eigenvalue weighted by Crippen LogP contribution is 2.18. The summed E-state index contributed by atoms with van der Waals surface area (Å²) in [5, 5.41) is 9.15. The second kappa shape index (κ2) is 6.27. The maximum atomic E-state index is 9.15. The van der Waals surface area contributed by atoms with Crippen LogP contribution in [0.3, 0.4) is 0 Å². The Balaban J connectivity index is 2.26. The van der Waals surface area contributed by atoms with Crippen molar-refractivity contribution in [1.29, 1.82) is 0 Å². The van der Waals surface area contributed by atoms with Gasteiger partial charge in [0.05, 0.1) is 13.7 Å². The molecule has 0 saturated heterocycles. The van der Waals surface area contributed by atoms with Crippen LogP contribution in [0.15, 0.2) is 36.4 Å². The Morgan fingerprint density at radius 2 is 1.55 bits per heavy atom. The second-order valence-corrected chi connectivity index (χ2v) is 4.73.